The van der Waals surface area contributed by atoms with Crippen molar-refractivity contribution in [3.05, 3.63) is 34.9 Å². The predicted octanol–water partition coefficient (Wildman–Crippen LogP) is 6.54. The zero-order valence-electron chi connectivity index (χ0n) is 14.5. The molecule has 0 aromatic carbocycles. The van der Waals surface area contributed by atoms with Gasteiger partial charge in [0.05, 0.1) is 0 Å². The molecule has 1 saturated carbocycles. The highest BCUT2D eigenvalue weighted by molar-refractivity contribution is 5.45. The molecule has 0 aromatic rings. The van der Waals surface area contributed by atoms with Crippen LogP contribution in [0.4, 0.5) is 4.39 Å². The molecule has 1 atom stereocenters. The lowest BCUT2D eigenvalue weighted by atomic mass is 9.71. The lowest BCUT2D eigenvalue weighted by Crippen LogP contribution is -2.22. The third-order valence-corrected chi connectivity index (χ3v) is 6.22. The number of allylic oxidation sites excluding steroid dienone is 6. The van der Waals surface area contributed by atoms with E-state index in [-0.39, 0.29) is 0 Å². The first-order valence-electron chi connectivity index (χ1n) is 9.22. The monoisotopic (exact) mass is 302 g/mol. The second-order valence-corrected chi connectivity index (χ2v) is 8.32. The Bertz CT molecular complexity index is 492. The summed E-state index contributed by atoms with van der Waals surface area (Å²) < 4.78 is 14.1. The van der Waals surface area contributed by atoms with E-state index in [1.807, 2.05) is 6.08 Å². The van der Waals surface area contributed by atoms with Crippen molar-refractivity contribution in [1.29, 1.82) is 0 Å². The van der Waals surface area contributed by atoms with Crippen molar-refractivity contribution < 1.29 is 4.39 Å². The van der Waals surface area contributed by atoms with Crippen LogP contribution in [0.3, 0.4) is 0 Å². The molecule has 0 heterocycles. The van der Waals surface area contributed by atoms with E-state index in [4.69, 9.17) is 0 Å². The maximum absolute atomic E-state index is 14.1. The van der Waals surface area contributed by atoms with Gasteiger partial charge >= 0.3 is 0 Å². The minimum atomic E-state index is -1.17. The zero-order valence-corrected chi connectivity index (χ0v) is 14.5. The van der Waals surface area contributed by atoms with Crippen LogP contribution in [0.15, 0.2) is 34.9 Å². The molecule has 122 valence electrons. The Morgan fingerprint density at radius 3 is 2.23 bits per heavy atom. The second-order valence-electron chi connectivity index (χ2n) is 8.32. The average molecular weight is 302 g/mol. The molecule has 0 radical (unpaired) electrons. The first kappa shape index (κ1) is 16.0. The summed E-state index contributed by atoms with van der Waals surface area (Å²) >= 11 is 0. The smallest absolute Gasteiger partial charge is 0.127 e. The molecule has 22 heavy (non-hydrogen) atoms. The summed E-state index contributed by atoms with van der Waals surface area (Å²) in [6.07, 6.45) is 17.0. The van der Waals surface area contributed by atoms with Gasteiger partial charge in [0.15, 0.2) is 0 Å². The molecule has 1 fully saturated rings. The lowest BCUT2D eigenvalue weighted by molar-refractivity contribution is 0.200. The van der Waals surface area contributed by atoms with Gasteiger partial charge in [-0.15, -0.1) is 0 Å². The number of rotatable bonds is 3. The first-order chi connectivity index (χ1) is 10.4. The quantitative estimate of drug-likeness (QED) is 0.555. The third-order valence-electron chi connectivity index (χ3n) is 6.22. The zero-order chi connectivity index (χ0) is 15.7. The van der Waals surface area contributed by atoms with Crippen molar-refractivity contribution in [2.75, 3.05) is 0 Å². The van der Waals surface area contributed by atoms with E-state index in [0.717, 1.165) is 29.7 Å². The van der Waals surface area contributed by atoms with E-state index < -0.39 is 5.67 Å². The molecule has 0 nitrogen and oxygen atoms in total. The Balaban J connectivity index is 1.55. The minimum Gasteiger partial charge on any atom is -0.240 e. The van der Waals surface area contributed by atoms with Gasteiger partial charge in [-0.1, -0.05) is 38.0 Å². The maximum Gasteiger partial charge on any atom is 0.127 e. The SMILES string of the molecule is CC1CCC(C2CC=C(C3=CC=C(C(C)(C)F)C3)CC2)CC1. The van der Waals surface area contributed by atoms with Crippen LogP contribution < -0.4 is 0 Å². The molecule has 0 aromatic heterocycles. The van der Waals surface area contributed by atoms with Crippen LogP contribution in [0.1, 0.15) is 72.1 Å². The predicted molar refractivity (Wildman–Crippen MR) is 92.5 cm³/mol. The lowest BCUT2D eigenvalue weighted by Gasteiger charge is -2.34. The number of hydrogen-bond donors (Lipinski definition) is 0. The van der Waals surface area contributed by atoms with Gasteiger partial charge in [-0.05, 0) is 86.8 Å². The molecule has 0 saturated heterocycles. The molecule has 0 bridgehead atoms. The highest BCUT2D eigenvalue weighted by atomic mass is 19.1. The minimum absolute atomic E-state index is 0.820. The van der Waals surface area contributed by atoms with Gasteiger partial charge < -0.3 is 0 Å². The fraction of sp³-hybridized carbons (Fsp3) is 0.714. The summed E-state index contributed by atoms with van der Waals surface area (Å²) in [6.45, 7) is 5.74. The Morgan fingerprint density at radius 1 is 0.955 bits per heavy atom. The Labute approximate surface area is 135 Å². The summed E-state index contributed by atoms with van der Waals surface area (Å²) in [5.74, 6) is 2.82. The summed E-state index contributed by atoms with van der Waals surface area (Å²) in [5, 5.41) is 0. The largest absolute Gasteiger partial charge is 0.240 e. The first-order valence-corrected chi connectivity index (χ1v) is 9.22. The third kappa shape index (κ3) is 3.55. The second kappa shape index (κ2) is 6.34. The molecule has 3 aliphatic carbocycles. The number of alkyl halides is 1. The van der Waals surface area contributed by atoms with E-state index in [1.165, 1.54) is 56.1 Å². The highest BCUT2D eigenvalue weighted by Gasteiger charge is 2.30. The summed E-state index contributed by atoms with van der Waals surface area (Å²) in [4.78, 5) is 0. The van der Waals surface area contributed by atoms with Gasteiger partial charge in [-0.2, -0.15) is 0 Å². The van der Waals surface area contributed by atoms with E-state index in [2.05, 4.69) is 19.1 Å². The van der Waals surface area contributed by atoms with Crippen molar-refractivity contribution in [3.63, 3.8) is 0 Å². The Hall–Kier alpha value is -0.850. The van der Waals surface area contributed by atoms with Gasteiger partial charge in [0.1, 0.15) is 5.67 Å². The fourth-order valence-electron chi connectivity index (χ4n) is 4.48. The standard InChI is InChI=1S/C21H31F/c1-15-4-6-16(7-5-15)17-8-10-18(11-9-17)19-12-13-20(14-19)21(2,3)22/h10,12-13,15-17H,4-9,11,14H2,1-3H3. The molecular formula is C21H31F. The van der Waals surface area contributed by atoms with Gasteiger partial charge in [0.25, 0.3) is 0 Å². The molecule has 0 spiro atoms. The van der Waals surface area contributed by atoms with Gasteiger partial charge in [-0.25, -0.2) is 4.39 Å². The van der Waals surface area contributed by atoms with Gasteiger partial charge in [-0.3, -0.25) is 0 Å². The molecule has 1 heteroatoms. The summed E-state index contributed by atoms with van der Waals surface area (Å²) in [6, 6.07) is 0. The van der Waals surface area contributed by atoms with Crippen LogP contribution in [0, 0.1) is 17.8 Å². The van der Waals surface area contributed by atoms with E-state index in [9.17, 15) is 4.39 Å². The Morgan fingerprint density at radius 2 is 1.68 bits per heavy atom. The molecule has 0 aliphatic heterocycles. The van der Waals surface area contributed by atoms with E-state index in [1.54, 1.807) is 13.8 Å². The van der Waals surface area contributed by atoms with Gasteiger partial charge in [0.2, 0.25) is 0 Å². The molecular weight excluding hydrogens is 271 g/mol. The fourth-order valence-corrected chi connectivity index (χ4v) is 4.48. The van der Waals surface area contributed by atoms with Crippen molar-refractivity contribution in [2.45, 2.75) is 77.8 Å². The average Bonchev–Trinajstić information content (AvgIpc) is 2.98. The maximum atomic E-state index is 14.1. The van der Waals surface area contributed by atoms with Crippen molar-refractivity contribution in [1.82, 2.24) is 0 Å². The van der Waals surface area contributed by atoms with Crippen LogP contribution in [0.2, 0.25) is 0 Å². The molecule has 1 unspecified atom stereocenters. The van der Waals surface area contributed by atoms with Crippen molar-refractivity contribution in [3.8, 4) is 0 Å². The molecule has 0 amide bonds. The number of hydrogen-bond acceptors (Lipinski definition) is 0. The highest BCUT2D eigenvalue weighted by Crippen LogP contribution is 2.42. The van der Waals surface area contributed by atoms with E-state index in [0.29, 0.717) is 0 Å². The summed E-state index contributed by atoms with van der Waals surface area (Å²) in [5.41, 5.74) is 2.63. The van der Waals surface area contributed by atoms with Crippen LogP contribution in [-0.4, -0.2) is 5.67 Å². The molecule has 0 N–H and O–H groups in total. The molecule has 3 rings (SSSR count). The van der Waals surface area contributed by atoms with Crippen LogP contribution in [0.5, 0.6) is 0 Å². The van der Waals surface area contributed by atoms with Crippen LogP contribution in [0.25, 0.3) is 0 Å². The van der Waals surface area contributed by atoms with Crippen molar-refractivity contribution in [2.24, 2.45) is 17.8 Å². The normalized spacial score (nSPS) is 33.3. The number of halogens is 1. The Kier molecular flexibility index (Phi) is 4.61. The molecule has 3 aliphatic rings. The van der Waals surface area contributed by atoms with Crippen LogP contribution >= 0.6 is 0 Å². The topological polar surface area (TPSA) is 0 Å². The van der Waals surface area contributed by atoms with E-state index >= 15 is 0 Å². The van der Waals surface area contributed by atoms with Crippen molar-refractivity contribution >= 4 is 0 Å². The summed E-state index contributed by atoms with van der Waals surface area (Å²) in [7, 11) is 0. The van der Waals surface area contributed by atoms with Gasteiger partial charge in [0, 0.05) is 0 Å². The van der Waals surface area contributed by atoms with Crippen LogP contribution in [-0.2, 0) is 0 Å².